The largest absolute Gasteiger partial charge is 0.479 e. The van der Waals surface area contributed by atoms with Gasteiger partial charge in [-0.05, 0) is 13.8 Å². The Morgan fingerprint density at radius 1 is 1.48 bits per heavy atom. The zero-order chi connectivity index (χ0) is 20.0. The van der Waals surface area contributed by atoms with E-state index in [0.717, 1.165) is 5.56 Å². The minimum absolute atomic E-state index is 0.215. The number of hydrogen-bond acceptors (Lipinski definition) is 6. The first-order valence-electron chi connectivity index (χ1n) is 8.76. The van der Waals surface area contributed by atoms with Crippen molar-refractivity contribution in [2.24, 2.45) is 12.5 Å². The van der Waals surface area contributed by atoms with Crippen molar-refractivity contribution < 1.29 is 19.4 Å². The maximum atomic E-state index is 12.9. The van der Waals surface area contributed by atoms with E-state index in [9.17, 15) is 14.7 Å². The van der Waals surface area contributed by atoms with Gasteiger partial charge in [0.1, 0.15) is 15.4 Å². The van der Waals surface area contributed by atoms with Crippen molar-refractivity contribution in [3.05, 3.63) is 23.0 Å². The van der Waals surface area contributed by atoms with E-state index in [4.69, 9.17) is 4.74 Å². The van der Waals surface area contributed by atoms with Crippen molar-refractivity contribution >= 4 is 23.2 Å². The molecule has 9 heteroatoms. The Kier molecular flexibility index (Phi) is 4.85. The minimum Gasteiger partial charge on any atom is -0.479 e. The second-order valence-corrected chi connectivity index (χ2v) is 8.37. The van der Waals surface area contributed by atoms with Crippen LogP contribution >= 0.6 is 11.3 Å². The van der Waals surface area contributed by atoms with Crippen LogP contribution in [0.25, 0.3) is 10.6 Å². The van der Waals surface area contributed by atoms with Gasteiger partial charge in [0, 0.05) is 37.3 Å². The summed E-state index contributed by atoms with van der Waals surface area (Å²) >= 11 is 1.23. The number of carbonyl (C=O) groups is 2. The smallest absolute Gasteiger partial charge is 0.330 e. The summed E-state index contributed by atoms with van der Waals surface area (Å²) in [5.41, 5.74) is -0.710. The van der Waals surface area contributed by atoms with Crippen LogP contribution in [0.5, 0.6) is 0 Å². The quantitative estimate of drug-likeness (QED) is 0.781. The number of carbonyl (C=O) groups excluding carboxylic acids is 1. The third kappa shape index (κ3) is 3.04. The molecule has 146 valence electrons. The first-order chi connectivity index (χ1) is 12.6. The molecule has 27 heavy (non-hydrogen) atoms. The molecule has 0 radical (unpaired) electrons. The molecule has 0 saturated heterocycles. The van der Waals surface area contributed by atoms with Crippen LogP contribution in [-0.2, 0) is 16.6 Å². The predicted octanol–water partition coefficient (Wildman–Crippen LogP) is 2.24. The van der Waals surface area contributed by atoms with E-state index < -0.39 is 22.8 Å². The van der Waals surface area contributed by atoms with Crippen LogP contribution in [0.2, 0.25) is 0 Å². The van der Waals surface area contributed by atoms with Crippen LogP contribution in [0.3, 0.4) is 0 Å². The van der Waals surface area contributed by atoms with Crippen molar-refractivity contribution in [1.82, 2.24) is 20.1 Å². The van der Waals surface area contributed by atoms with Crippen LogP contribution in [0, 0.1) is 12.3 Å². The summed E-state index contributed by atoms with van der Waals surface area (Å²) in [6.45, 7) is 7.74. The number of thiazole rings is 1. The predicted molar refractivity (Wildman–Crippen MR) is 101 cm³/mol. The summed E-state index contributed by atoms with van der Waals surface area (Å²) in [6.07, 6.45) is 3.52. The van der Waals surface area contributed by atoms with Gasteiger partial charge < -0.3 is 15.2 Å². The molecule has 1 amide bonds. The van der Waals surface area contributed by atoms with Crippen molar-refractivity contribution in [2.45, 2.75) is 45.8 Å². The Morgan fingerprint density at radius 2 is 2.19 bits per heavy atom. The molecule has 0 aromatic carbocycles. The lowest BCUT2D eigenvalue weighted by atomic mass is 9.54. The van der Waals surface area contributed by atoms with Gasteiger partial charge in [0.25, 0.3) is 5.91 Å². The molecule has 2 N–H and O–H groups in total. The SMILES string of the molecule is CCOC1CC(NC(=O)c2sc(-c3cnn(C)c3)nc2C)(C(=O)O)C1(C)C. The number of aromatic nitrogens is 3. The van der Waals surface area contributed by atoms with Crippen LogP contribution in [0.1, 0.15) is 42.6 Å². The number of aryl methyl sites for hydroxylation is 2. The van der Waals surface area contributed by atoms with Gasteiger partial charge in [0.2, 0.25) is 0 Å². The normalized spacial score (nSPS) is 23.7. The summed E-state index contributed by atoms with van der Waals surface area (Å²) in [6, 6.07) is 0. The minimum atomic E-state index is -1.37. The fraction of sp³-hybridized carbons (Fsp3) is 0.556. The van der Waals surface area contributed by atoms with Crippen molar-refractivity contribution in [3.8, 4) is 10.6 Å². The summed E-state index contributed by atoms with van der Waals surface area (Å²) in [5.74, 6) is -1.47. The number of hydrogen-bond donors (Lipinski definition) is 2. The molecule has 3 rings (SSSR count). The molecule has 1 saturated carbocycles. The lowest BCUT2D eigenvalue weighted by Crippen LogP contribution is -2.76. The number of amides is 1. The Bertz CT molecular complexity index is 888. The summed E-state index contributed by atoms with van der Waals surface area (Å²) in [5, 5.41) is 17.4. The molecule has 8 nitrogen and oxygen atoms in total. The maximum Gasteiger partial charge on any atom is 0.330 e. The molecule has 0 bridgehead atoms. The highest BCUT2D eigenvalue weighted by atomic mass is 32.1. The fourth-order valence-corrected chi connectivity index (χ4v) is 4.49. The molecule has 2 aromatic rings. The highest BCUT2D eigenvalue weighted by Gasteiger charge is 2.66. The third-order valence-corrected chi connectivity index (χ3v) is 6.62. The molecule has 1 aliphatic rings. The van der Waals surface area contributed by atoms with Gasteiger partial charge >= 0.3 is 5.97 Å². The van der Waals surface area contributed by atoms with E-state index in [1.807, 2.05) is 34.0 Å². The zero-order valence-corrected chi connectivity index (χ0v) is 16.9. The molecular weight excluding hydrogens is 368 g/mol. The van der Waals surface area contributed by atoms with Crippen LogP contribution in [0.15, 0.2) is 12.4 Å². The molecule has 0 aliphatic heterocycles. The van der Waals surface area contributed by atoms with Crippen molar-refractivity contribution in [3.63, 3.8) is 0 Å². The van der Waals surface area contributed by atoms with Gasteiger partial charge in [-0.2, -0.15) is 5.10 Å². The van der Waals surface area contributed by atoms with Crippen molar-refractivity contribution in [1.29, 1.82) is 0 Å². The number of rotatable bonds is 6. The monoisotopic (exact) mass is 392 g/mol. The van der Waals surface area contributed by atoms with Crippen molar-refractivity contribution in [2.75, 3.05) is 6.61 Å². The highest BCUT2D eigenvalue weighted by molar-refractivity contribution is 7.17. The molecule has 1 fully saturated rings. The molecule has 1 aliphatic carbocycles. The summed E-state index contributed by atoms with van der Waals surface area (Å²) < 4.78 is 7.30. The number of carboxylic acids is 1. The highest BCUT2D eigenvalue weighted by Crippen LogP contribution is 2.51. The molecule has 2 heterocycles. The number of ether oxygens (including phenoxy) is 1. The average molecular weight is 392 g/mol. The van der Waals surface area contributed by atoms with Crippen LogP contribution in [0.4, 0.5) is 0 Å². The van der Waals surface area contributed by atoms with Crippen LogP contribution in [-0.4, -0.2) is 50.0 Å². The van der Waals surface area contributed by atoms with E-state index in [1.165, 1.54) is 11.3 Å². The standard InChI is InChI=1S/C18H24N4O4S/c1-6-26-12-7-18(16(24)25,17(12,3)4)21-14(23)13-10(2)20-15(27-13)11-8-19-22(5)9-11/h8-9,12H,6-7H2,1-5H3,(H,21,23)(H,24,25). The Morgan fingerprint density at radius 3 is 2.70 bits per heavy atom. The van der Waals surface area contributed by atoms with E-state index in [-0.39, 0.29) is 12.5 Å². The second kappa shape index (κ2) is 6.72. The first kappa shape index (κ1) is 19.5. The number of aliphatic carboxylic acids is 1. The molecule has 0 spiro atoms. The van der Waals surface area contributed by atoms with E-state index in [0.29, 0.717) is 22.2 Å². The Hall–Kier alpha value is -2.26. The maximum absolute atomic E-state index is 12.9. The van der Waals surface area contributed by atoms with Gasteiger partial charge in [-0.1, -0.05) is 13.8 Å². The molecule has 2 aromatic heterocycles. The summed E-state index contributed by atoms with van der Waals surface area (Å²) in [7, 11) is 1.81. The second-order valence-electron chi connectivity index (χ2n) is 7.37. The average Bonchev–Trinajstić information content (AvgIpc) is 3.19. The Labute approximate surface area is 161 Å². The van der Waals surface area contributed by atoms with Crippen LogP contribution < -0.4 is 5.32 Å². The van der Waals surface area contributed by atoms with Gasteiger partial charge in [-0.25, -0.2) is 9.78 Å². The Balaban J connectivity index is 1.86. The molecule has 2 unspecified atom stereocenters. The zero-order valence-electron chi connectivity index (χ0n) is 16.1. The van der Waals surface area contributed by atoms with Gasteiger partial charge in [-0.3, -0.25) is 9.48 Å². The number of carboxylic acid groups (broad SMARTS) is 1. The van der Waals surface area contributed by atoms with E-state index >= 15 is 0 Å². The van der Waals surface area contributed by atoms with Gasteiger partial charge in [0.05, 0.1) is 18.0 Å². The summed E-state index contributed by atoms with van der Waals surface area (Å²) in [4.78, 5) is 29.8. The first-order valence-corrected chi connectivity index (χ1v) is 9.58. The molecule has 2 atom stereocenters. The van der Waals surface area contributed by atoms with Gasteiger partial charge in [0.15, 0.2) is 0 Å². The lowest BCUT2D eigenvalue weighted by Gasteiger charge is -2.58. The van der Waals surface area contributed by atoms with E-state index in [1.54, 1.807) is 17.8 Å². The topological polar surface area (TPSA) is 106 Å². The third-order valence-electron chi connectivity index (χ3n) is 5.41. The number of nitrogens with zero attached hydrogens (tertiary/aromatic N) is 3. The lowest BCUT2D eigenvalue weighted by molar-refractivity contribution is -0.190. The number of nitrogens with one attached hydrogen (secondary N) is 1. The van der Waals surface area contributed by atoms with Gasteiger partial charge in [-0.15, -0.1) is 11.3 Å². The fourth-order valence-electron chi connectivity index (χ4n) is 3.55. The molecular formula is C18H24N4O4S. The van der Waals surface area contributed by atoms with E-state index in [2.05, 4.69) is 15.4 Å².